The fourth-order valence-electron chi connectivity index (χ4n) is 3.93. The highest BCUT2D eigenvalue weighted by Gasteiger charge is 2.41. The van der Waals surface area contributed by atoms with Crippen LogP contribution in [0.4, 0.5) is 30.2 Å². The first-order chi connectivity index (χ1) is 13.3. The van der Waals surface area contributed by atoms with E-state index in [0.717, 1.165) is 28.2 Å². The Labute approximate surface area is 161 Å². The van der Waals surface area contributed by atoms with Crippen molar-refractivity contribution in [3.05, 3.63) is 53.6 Å². The molecule has 4 nitrogen and oxygen atoms in total. The van der Waals surface area contributed by atoms with Crippen molar-refractivity contribution in [2.75, 3.05) is 30.4 Å². The second kappa shape index (κ2) is 7.04. The predicted octanol–water partition coefficient (Wildman–Crippen LogP) is 4.79. The number of hydrogen-bond acceptors (Lipinski definition) is 3. The molecular weight excluding hydrogens is 367 g/mol. The Balaban J connectivity index is 1.40. The summed E-state index contributed by atoms with van der Waals surface area (Å²) in [6.07, 6.45) is -3.80. The number of halogens is 3. The Morgan fingerprint density at radius 3 is 2.29 bits per heavy atom. The van der Waals surface area contributed by atoms with Gasteiger partial charge in [0.15, 0.2) is 0 Å². The summed E-state index contributed by atoms with van der Waals surface area (Å²) in [6.45, 7) is 1.45. The van der Waals surface area contributed by atoms with E-state index in [1.165, 1.54) is 0 Å². The number of nitrogens with one attached hydrogen (secondary N) is 1. The Bertz CT molecular complexity index is 871. The normalized spacial score (nSPS) is 17.8. The SMILES string of the molecule is CN1Cc2cc(Nc3ccc(N4CCC(C(F)(F)F)CC4)cc3)ccc2C1=O. The summed E-state index contributed by atoms with van der Waals surface area (Å²) < 4.78 is 38.4. The number of hydrogen-bond donors (Lipinski definition) is 1. The van der Waals surface area contributed by atoms with Crippen LogP contribution in [-0.4, -0.2) is 37.1 Å². The number of rotatable bonds is 3. The Kier molecular flexibility index (Phi) is 4.69. The molecule has 28 heavy (non-hydrogen) atoms. The van der Waals surface area contributed by atoms with Crippen LogP contribution in [0.5, 0.6) is 0 Å². The number of benzene rings is 2. The molecule has 7 heteroatoms. The zero-order valence-corrected chi connectivity index (χ0v) is 15.6. The minimum absolute atomic E-state index is 0.0418. The Morgan fingerprint density at radius 2 is 1.64 bits per heavy atom. The van der Waals surface area contributed by atoms with Gasteiger partial charge in [0.1, 0.15) is 0 Å². The van der Waals surface area contributed by atoms with E-state index in [-0.39, 0.29) is 18.7 Å². The van der Waals surface area contributed by atoms with Crippen molar-refractivity contribution in [1.29, 1.82) is 0 Å². The minimum atomic E-state index is -4.09. The lowest BCUT2D eigenvalue weighted by Gasteiger charge is -2.34. The standard InChI is InChI=1S/C21H22F3N3O/c1-26-13-14-12-17(4-7-19(14)20(26)28)25-16-2-5-18(6-3-16)27-10-8-15(9-11-27)21(22,23)24/h2-7,12,15,25H,8-11,13H2,1H3. The van der Waals surface area contributed by atoms with Crippen molar-refractivity contribution in [2.24, 2.45) is 5.92 Å². The van der Waals surface area contributed by atoms with Gasteiger partial charge >= 0.3 is 6.18 Å². The quantitative estimate of drug-likeness (QED) is 0.820. The molecule has 2 aliphatic rings. The molecule has 2 heterocycles. The van der Waals surface area contributed by atoms with Crippen LogP contribution in [0.3, 0.4) is 0 Å². The number of piperidine rings is 1. The fourth-order valence-corrected chi connectivity index (χ4v) is 3.93. The van der Waals surface area contributed by atoms with E-state index in [0.29, 0.717) is 19.6 Å². The molecule has 0 saturated carbocycles. The third-order valence-electron chi connectivity index (χ3n) is 5.57. The molecule has 0 atom stereocenters. The maximum Gasteiger partial charge on any atom is 0.391 e. The van der Waals surface area contributed by atoms with E-state index in [2.05, 4.69) is 5.32 Å². The van der Waals surface area contributed by atoms with Crippen molar-refractivity contribution >= 4 is 23.0 Å². The van der Waals surface area contributed by atoms with E-state index < -0.39 is 12.1 Å². The number of amides is 1. The van der Waals surface area contributed by atoms with Crippen molar-refractivity contribution in [1.82, 2.24) is 4.90 Å². The summed E-state index contributed by atoms with van der Waals surface area (Å²) in [5.74, 6) is -1.14. The number of nitrogens with zero attached hydrogens (tertiary/aromatic N) is 2. The lowest BCUT2D eigenvalue weighted by Crippen LogP contribution is -2.38. The number of alkyl halides is 3. The van der Waals surface area contributed by atoms with Gasteiger partial charge in [0, 0.05) is 49.3 Å². The molecule has 0 radical (unpaired) electrons. The van der Waals surface area contributed by atoms with Crippen LogP contribution in [0.2, 0.25) is 0 Å². The highest BCUT2D eigenvalue weighted by Crippen LogP contribution is 2.35. The van der Waals surface area contributed by atoms with Gasteiger partial charge in [0.05, 0.1) is 5.92 Å². The minimum Gasteiger partial charge on any atom is -0.372 e. The average Bonchev–Trinajstić information content (AvgIpc) is 2.95. The number of carbonyl (C=O) groups is 1. The molecular formula is C21H22F3N3O. The zero-order chi connectivity index (χ0) is 19.9. The van der Waals surface area contributed by atoms with Gasteiger partial charge < -0.3 is 15.1 Å². The first kappa shape index (κ1) is 18.7. The van der Waals surface area contributed by atoms with Gasteiger partial charge in [-0.25, -0.2) is 0 Å². The van der Waals surface area contributed by atoms with Gasteiger partial charge in [-0.2, -0.15) is 13.2 Å². The molecule has 1 N–H and O–H groups in total. The monoisotopic (exact) mass is 389 g/mol. The van der Waals surface area contributed by atoms with E-state index in [9.17, 15) is 18.0 Å². The lowest BCUT2D eigenvalue weighted by atomic mass is 9.96. The topological polar surface area (TPSA) is 35.6 Å². The molecule has 1 saturated heterocycles. The van der Waals surface area contributed by atoms with Crippen LogP contribution in [-0.2, 0) is 6.54 Å². The van der Waals surface area contributed by atoms with Gasteiger partial charge in [-0.15, -0.1) is 0 Å². The maximum absolute atomic E-state index is 12.8. The molecule has 0 spiro atoms. The highest BCUT2D eigenvalue weighted by atomic mass is 19.4. The summed E-state index contributed by atoms with van der Waals surface area (Å²) in [7, 11) is 1.78. The second-order valence-corrected chi connectivity index (χ2v) is 7.51. The molecule has 0 aliphatic carbocycles. The molecule has 0 unspecified atom stereocenters. The molecule has 1 fully saturated rings. The largest absolute Gasteiger partial charge is 0.391 e. The van der Waals surface area contributed by atoms with Crippen molar-refractivity contribution in [2.45, 2.75) is 25.6 Å². The molecule has 0 bridgehead atoms. The smallest absolute Gasteiger partial charge is 0.372 e. The Hall–Kier alpha value is -2.70. The molecule has 148 valence electrons. The lowest BCUT2D eigenvalue weighted by molar-refractivity contribution is -0.179. The summed E-state index contributed by atoms with van der Waals surface area (Å²) in [5, 5.41) is 3.32. The first-order valence-electron chi connectivity index (χ1n) is 9.38. The summed E-state index contributed by atoms with van der Waals surface area (Å²) in [6, 6.07) is 13.4. The van der Waals surface area contributed by atoms with Crippen LogP contribution in [0.25, 0.3) is 0 Å². The van der Waals surface area contributed by atoms with Crippen molar-refractivity contribution < 1.29 is 18.0 Å². The first-order valence-corrected chi connectivity index (χ1v) is 9.38. The van der Waals surface area contributed by atoms with Crippen LogP contribution >= 0.6 is 0 Å². The van der Waals surface area contributed by atoms with Crippen LogP contribution in [0.15, 0.2) is 42.5 Å². The molecule has 1 amide bonds. The zero-order valence-electron chi connectivity index (χ0n) is 15.6. The third-order valence-corrected chi connectivity index (χ3v) is 5.57. The fraction of sp³-hybridized carbons (Fsp3) is 0.381. The summed E-state index contributed by atoms with van der Waals surface area (Å²) in [5.41, 5.74) is 4.48. The van der Waals surface area contributed by atoms with E-state index in [4.69, 9.17) is 0 Å². The van der Waals surface area contributed by atoms with Gasteiger partial charge in [-0.1, -0.05) is 0 Å². The van der Waals surface area contributed by atoms with E-state index in [1.807, 2.05) is 47.4 Å². The molecule has 2 aliphatic heterocycles. The van der Waals surface area contributed by atoms with Crippen molar-refractivity contribution in [3.63, 3.8) is 0 Å². The molecule has 4 rings (SSSR count). The molecule has 2 aromatic carbocycles. The molecule has 0 aromatic heterocycles. The second-order valence-electron chi connectivity index (χ2n) is 7.51. The summed E-state index contributed by atoms with van der Waals surface area (Å²) in [4.78, 5) is 15.7. The van der Waals surface area contributed by atoms with Gasteiger partial charge in [0.2, 0.25) is 0 Å². The van der Waals surface area contributed by atoms with E-state index in [1.54, 1.807) is 11.9 Å². The van der Waals surface area contributed by atoms with Crippen LogP contribution in [0, 0.1) is 5.92 Å². The van der Waals surface area contributed by atoms with Crippen LogP contribution in [0.1, 0.15) is 28.8 Å². The van der Waals surface area contributed by atoms with Gasteiger partial charge in [0.25, 0.3) is 5.91 Å². The Morgan fingerprint density at radius 1 is 1.00 bits per heavy atom. The number of fused-ring (bicyclic) bond motifs is 1. The maximum atomic E-state index is 12.8. The van der Waals surface area contributed by atoms with E-state index >= 15 is 0 Å². The van der Waals surface area contributed by atoms with Crippen molar-refractivity contribution in [3.8, 4) is 0 Å². The number of anilines is 3. The third kappa shape index (κ3) is 3.66. The number of carbonyl (C=O) groups excluding carboxylic acids is 1. The van der Waals surface area contributed by atoms with Gasteiger partial charge in [-0.3, -0.25) is 4.79 Å². The predicted molar refractivity (Wildman–Crippen MR) is 103 cm³/mol. The average molecular weight is 389 g/mol. The highest BCUT2D eigenvalue weighted by molar-refractivity contribution is 5.98. The van der Waals surface area contributed by atoms with Crippen LogP contribution < -0.4 is 10.2 Å². The summed E-state index contributed by atoms with van der Waals surface area (Å²) >= 11 is 0. The molecule has 2 aromatic rings. The van der Waals surface area contributed by atoms with Gasteiger partial charge in [-0.05, 0) is 60.9 Å².